The van der Waals surface area contributed by atoms with E-state index in [0.717, 1.165) is 29.6 Å². The molecular weight excluding hydrogens is 236 g/mol. The molecule has 0 saturated carbocycles. The van der Waals surface area contributed by atoms with Gasteiger partial charge in [-0.1, -0.05) is 11.2 Å². The van der Waals surface area contributed by atoms with Crippen molar-refractivity contribution in [3.8, 4) is 0 Å². The Kier molecular flexibility index (Phi) is 3.54. The fourth-order valence-electron chi connectivity index (χ4n) is 1.88. The fraction of sp³-hybridized carbons (Fsp3) is 0.455. The molecule has 2 aromatic rings. The number of hydrogen-bond donors (Lipinski definition) is 1. The van der Waals surface area contributed by atoms with E-state index < -0.39 is 11.2 Å². The zero-order valence-corrected chi connectivity index (χ0v) is 10.8. The lowest BCUT2D eigenvalue weighted by atomic mass is 10.2. The smallest absolute Gasteiger partial charge is 0.151 e. The number of nitrogens with two attached hydrogens (primary N) is 1. The van der Waals surface area contributed by atoms with Crippen LogP contribution in [0.2, 0.25) is 0 Å². The summed E-state index contributed by atoms with van der Waals surface area (Å²) in [5.41, 5.74) is 8.62. The Hall–Kier alpha value is -1.27. The zero-order valence-electron chi connectivity index (χ0n) is 10.0. The maximum absolute atomic E-state index is 11.0. The monoisotopic (exact) mass is 252 g/mol. The number of hydrogen-bond acceptors (Lipinski definition) is 4. The number of nitrogen functional groups attached to an aromatic ring is 1. The van der Waals surface area contributed by atoms with Crippen LogP contribution >= 0.6 is 0 Å². The Morgan fingerprint density at radius 2 is 2.24 bits per heavy atom. The topological polar surface area (TPSA) is 79.8 Å². The van der Waals surface area contributed by atoms with Crippen molar-refractivity contribution < 1.29 is 4.55 Å². The molecule has 0 aliphatic carbocycles. The Bertz CT molecular complexity index is 523. The maximum Gasteiger partial charge on any atom is 0.151 e. The summed E-state index contributed by atoms with van der Waals surface area (Å²) in [7, 11) is 0. The van der Waals surface area contributed by atoms with E-state index in [4.69, 9.17) is 5.73 Å². The van der Waals surface area contributed by atoms with Crippen LogP contribution in [-0.2, 0) is 17.7 Å². The third-order valence-electron chi connectivity index (χ3n) is 2.68. The van der Waals surface area contributed by atoms with E-state index >= 15 is 0 Å². The van der Waals surface area contributed by atoms with E-state index in [1.807, 2.05) is 6.92 Å². The molecule has 0 amide bonds. The van der Waals surface area contributed by atoms with Gasteiger partial charge in [-0.3, -0.25) is 0 Å². The minimum absolute atomic E-state index is 0.461. The quantitative estimate of drug-likeness (QED) is 0.826. The molecule has 6 heteroatoms. The van der Waals surface area contributed by atoms with Crippen molar-refractivity contribution in [2.24, 2.45) is 0 Å². The first-order valence-electron chi connectivity index (χ1n) is 5.45. The largest absolute Gasteiger partial charge is 0.617 e. The van der Waals surface area contributed by atoms with Crippen LogP contribution in [0.25, 0.3) is 11.0 Å². The lowest BCUT2D eigenvalue weighted by Gasteiger charge is -2.07. The van der Waals surface area contributed by atoms with Gasteiger partial charge in [-0.25, -0.2) is 9.97 Å². The number of fused-ring (bicyclic) bond motifs is 1. The molecule has 92 valence electrons. The molecule has 2 N–H and O–H groups in total. The standard InChI is InChI=1S/C11H16N4OS/c1-8-6-13-11(12)9-10(8)15(7-14-9)4-3-5-17(2)16/h6-7H,3-5H2,1-2H3,(H2,12,13). The van der Waals surface area contributed by atoms with Crippen molar-refractivity contribution in [3.05, 3.63) is 18.1 Å². The molecule has 2 rings (SSSR count). The van der Waals surface area contributed by atoms with Crippen molar-refractivity contribution in [1.82, 2.24) is 14.5 Å². The van der Waals surface area contributed by atoms with E-state index in [0.29, 0.717) is 11.6 Å². The number of rotatable bonds is 4. The van der Waals surface area contributed by atoms with E-state index in [1.165, 1.54) is 0 Å². The molecule has 17 heavy (non-hydrogen) atoms. The Balaban J connectivity index is 2.26. The van der Waals surface area contributed by atoms with E-state index in [2.05, 4.69) is 14.5 Å². The van der Waals surface area contributed by atoms with Crippen molar-refractivity contribution >= 4 is 28.0 Å². The van der Waals surface area contributed by atoms with Gasteiger partial charge in [0.1, 0.15) is 11.3 Å². The summed E-state index contributed by atoms with van der Waals surface area (Å²) in [6.07, 6.45) is 6.12. The van der Waals surface area contributed by atoms with Gasteiger partial charge in [0.25, 0.3) is 0 Å². The second-order valence-electron chi connectivity index (χ2n) is 4.09. The van der Waals surface area contributed by atoms with Crippen LogP contribution in [0.4, 0.5) is 5.82 Å². The molecule has 2 aromatic heterocycles. The second-order valence-corrected chi connectivity index (χ2v) is 5.65. The highest BCUT2D eigenvalue weighted by atomic mass is 32.2. The normalized spacial score (nSPS) is 13.1. The summed E-state index contributed by atoms with van der Waals surface area (Å²) >= 11 is -0.741. The number of aromatic nitrogens is 3. The third kappa shape index (κ3) is 2.53. The van der Waals surface area contributed by atoms with Crippen LogP contribution in [0, 0.1) is 6.92 Å². The Morgan fingerprint density at radius 3 is 2.94 bits per heavy atom. The van der Waals surface area contributed by atoms with E-state index in [-0.39, 0.29) is 0 Å². The number of anilines is 1. The molecule has 1 atom stereocenters. The lowest BCUT2D eigenvalue weighted by Crippen LogP contribution is -2.07. The second kappa shape index (κ2) is 4.93. The highest BCUT2D eigenvalue weighted by molar-refractivity contribution is 7.90. The Labute approximate surface area is 103 Å². The first-order chi connectivity index (χ1) is 8.09. The molecule has 0 spiro atoms. The number of pyridine rings is 1. The van der Waals surface area contributed by atoms with Gasteiger partial charge in [-0.2, -0.15) is 0 Å². The van der Waals surface area contributed by atoms with Gasteiger partial charge >= 0.3 is 0 Å². The first kappa shape index (κ1) is 12.2. The summed E-state index contributed by atoms with van der Waals surface area (Å²) in [5.74, 6) is 1.17. The van der Waals surface area contributed by atoms with Crippen LogP contribution < -0.4 is 5.73 Å². The molecule has 5 nitrogen and oxygen atoms in total. The van der Waals surface area contributed by atoms with Gasteiger partial charge in [0.05, 0.1) is 18.1 Å². The molecule has 0 saturated heterocycles. The molecule has 1 unspecified atom stereocenters. The number of imidazole rings is 1. The minimum Gasteiger partial charge on any atom is -0.617 e. The van der Waals surface area contributed by atoms with Crippen LogP contribution in [-0.4, -0.2) is 31.1 Å². The van der Waals surface area contributed by atoms with Gasteiger partial charge in [-0.05, 0) is 12.5 Å². The molecule has 0 bridgehead atoms. The average molecular weight is 252 g/mol. The van der Waals surface area contributed by atoms with Crippen LogP contribution in [0.15, 0.2) is 12.5 Å². The number of aryl methyl sites for hydroxylation is 2. The van der Waals surface area contributed by atoms with Gasteiger partial charge in [0.15, 0.2) is 5.82 Å². The minimum atomic E-state index is -0.741. The summed E-state index contributed by atoms with van der Waals surface area (Å²) < 4.78 is 13.1. The van der Waals surface area contributed by atoms with Crippen molar-refractivity contribution in [2.75, 3.05) is 17.7 Å². The van der Waals surface area contributed by atoms with Crippen LogP contribution in [0.5, 0.6) is 0 Å². The first-order valence-corrected chi connectivity index (χ1v) is 7.18. The zero-order chi connectivity index (χ0) is 12.4. The highest BCUT2D eigenvalue weighted by Crippen LogP contribution is 2.21. The maximum atomic E-state index is 11.0. The Morgan fingerprint density at radius 1 is 1.47 bits per heavy atom. The molecule has 0 aromatic carbocycles. The predicted molar refractivity (Wildman–Crippen MR) is 70.2 cm³/mol. The molecule has 0 aliphatic rings. The lowest BCUT2D eigenvalue weighted by molar-refractivity contribution is 0.592. The highest BCUT2D eigenvalue weighted by Gasteiger charge is 2.09. The fourth-order valence-corrected chi connectivity index (χ4v) is 2.42. The molecule has 0 radical (unpaired) electrons. The predicted octanol–water partition coefficient (Wildman–Crippen LogP) is 1.09. The summed E-state index contributed by atoms with van der Waals surface area (Å²) in [4.78, 5) is 8.36. The van der Waals surface area contributed by atoms with Gasteiger partial charge in [0.2, 0.25) is 0 Å². The SMILES string of the molecule is Cc1cnc(N)c2ncn(CCC[S+](C)[O-])c12. The van der Waals surface area contributed by atoms with Crippen molar-refractivity contribution in [1.29, 1.82) is 0 Å². The molecule has 2 heterocycles. The molecule has 0 fully saturated rings. The summed E-state index contributed by atoms with van der Waals surface area (Å²) in [6, 6.07) is 0. The average Bonchev–Trinajstić information content (AvgIpc) is 2.68. The van der Waals surface area contributed by atoms with E-state index in [9.17, 15) is 4.55 Å². The van der Waals surface area contributed by atoms with Crippen molar-refractivity contribution in [2.45, 2.75) is 19.9 Å². The van der Waals surface area contributed by atoms with Gasteiger partial charge in [0, 0.05) is 19.2 Å². The third-order valence-corrected chi connectivity index (χ3v) is 3.55. The van der Waals surface area contributed by atoms with Crippen molar-refractivity contribution in [3.63, 3.8) is 0 Å². The molecule has 0 aliphatic heterocycles. The number of nitrogens with zero attached hydrogens (tertiary/aromatic N) is 3. The summed E-state index contributed by atoms with van der Waals surface area (Å²) in [5, 5.41) is 0. The summed E-state index contributed by atoms with van der Waals surface area (Å²) in [6.45, 7) is 2.80. The molecular formula is C11H16N4OS. The van der Waals surface area contributed by atoms with Gasteiger partial charge in [-0.15, -0.1) is 0 Å². The van der Waals surface area contributed by atoms with E-state index in [1.54, 1.807) is 18.8 Å². The van der Waals surface area contributed by atoms with Crippen LogP contribution in [0.1, 0.15) is 12.0 Å². The van der Waals surface area contributed by atoms with Crippen LogP contribution in [0.3, 0.4) is 0 Å². The van der Waals surface area contributed by atoms with Gasteiger partial charge < -0.3 is 14.9 Å².